The first-order valence-electron chi connectivity index (χ1n) is 3.63. The molecule has 1 unspecified atom stereocenters. The molecule has 1 aliphatic carbocycles. The summed E-state index contributed by atoms with van der Waals surface area (Å²) < 4.78 is 1.39. The molecule has 0 spiro atoms. The maximum atomic E-state index is 9.13. The smallest absolute Gasteiger partial charge is 1.00 e. The third-order valence-electron chi connectivity index (χ3n) is 1.69. The number of hydrogen-bond donors (Lipinski definition) is 2. The van der Waals surface area contributed by atoms with E-state index in [1.165, 1.54) is 33.6 Å². The van der Waals surface area contributed by atoms with Gasteiger partial charge in [-0.2, -0.15) is 0 Å². The minimum atomic E-state index is -0.580. The van der Waals surface area contributed by atoms with E-state index < -0.39 is 6.10 Å². The predicted octanol–water partition coefficient (Wildman–Crippen LogP) is -5.50. The van der Waals surface area contributed by atoms with Gasteiger partial charge in [0, 0.05) is 0 Å². The van der Waals surface area contributed by atoms with Crippen LogP contribution in [0.4, 0.5) is 0 Å². The second kappa shape index (κ2) is 8.19. The molecule has 1 rings (SSSR count). The molecule has 0 aromatic heterocycles. The summed E-state index contributed by atoms with van der Waals surface area (Å²) in [6, 6.07) is 0. The standard InChI is InChI=1S/C8H11O2.2ClH.Zr/c9-6-8(10)5-7-3-1-2-4-7;;;/h1,3,8-10H,2,5-6H2;2*1H;/q;;;+2/p-2. The molecule has 5 heteroatoms. The van der Waals surface area contributed by atoms with Gasteiger partial charge < -0.3 is 24.8 Å². The third kappa shape index (κ3) is 5.34. The number of hydrogen-bond acceptors (Lipinski definition) is 2. The van der Waals surface area contributed by atoms with E-state index in [4.69, 9.17) is 10.2 Å². The maximum Gasteiger partial charge on any atom is -1.00 e. The topological polar surface area (TPSA) is 40.5 Å². The Kier molecular flexibility index (Phi) is 10.3. The van der Waals surface area contributed by atoms with Crippen molar-refractivity contribution >= 4 is 0 Å². The van der Waals surface area contributed by atoms with Gasteiger partial charge in [0.05, 0.1) is 0 Å². The molecule has 0 heterocycles. The first-order valence-corrected chi connectivity index (χ1v) is 4.86. The minimum absolute atomic E-state index is 0. The van der Waals surface area contributed by atoms with Crippen LogP contribution in [0.15, 0.2) is 21.0 Å². The molecule has 1 aliphatic rings. The van der Waals surface area contributed by atoms with Crippen molar-refractivity contribution in [3.63, 3.8) is 0 Å². The normalized spacial score (nSPS) is 16.6. The van der Waals surface area contributed by atoms with Crippen molar-refractivity contribution in [2.45, 2.75) is 18.9 Å². The van der Waals surface area contributed by atoms with Crippen LogP contribution in [0.3, 0.4) is 0 Å². The average molecular weight is 301 g/mol. The molecule has 1 atom stereocenters. The van der Waals surface area contributed by atoms with Crippen LogP contribution in [-0.2, 0) is 24.7 Å². The van der Waals surface area contributed by atoms with Gasteiger partial charge in [0.2, 0.25) is 0 Å². The Hall–Kier alpha value is 0.863. The summed E-state index contributed by atoms with van der Waals surface area (Å²) in [4.78, 5) is 0. The molecular formula is C8H11Cl2O2Zr. The first kappa shape index (κ1) is 16.3. The van der Waals surface area contributed by atoms with Crippen molar-refractivity contribution in [3.05, 3.63) is 21.0 Å². The molecule has 0 bridgehead atoms. The zero-order valence-corrected chi connectivity index (χ0v) is 11.0. The van der Waals surface area contributed by atoms with E-state index in [0.717, 1.165) is 6.42 Å². The zero-order valence-electron chi connectivity index (χ0n) is 7.00. The van der Waals surface area contributed by atoms with Crippen LogP contribution in [0.1, 0.15) is 12.8 Å². The van der Waals surface area contributed by atoms with E-state index in [0.29, 0.717) is 6.42 Å². The fourth-order valence-corrected chi connectivity index (χ4v) is 1.81. The Morgan fingerprint density at radius 3 is 2.46 bits per heavy atom. The largest absolute Gasteiger partial charge is 1.00 e. The summed E-state index contributed by atoms with van der Waals surface area (Å²) in [7, 11) is 0. The van der Waals surface area contributed by atoms with E-state index in [9.17, 15) is 0 Å². The van der Waals surface area contributed by atoms with Crippen molar-refractivity contribution in [1.82, 2.24) is 0 Å². The molecule has 0 radical (unpaired) electrons. The quantitative estimate of drug-likeness (QED) is 0.546. The van der Waals surface area contributed by atoms with Crippen LogP contribution < -0.4 is 24.8 Å². The molecule has 0 aromatic rings. The second-order valence-electron chi connectivity index (χ2n) is 2.65. The van der Waals surface area contributed by atoms with Crippen LogP contribution in [0.5, 0.6) is 0 Å². The Morgan fingerprint density at radius 1 is 1.46 bits per heavy atom. The fraction of sp³-hybridized carbons (Fsp3) is 0.500. The van der Waals surface area contributed by atoms with Gasteiger partial charge in [-0.3, -0.25) is 0 Å². The molecule has 2 N–H and O–H groups in total. The molecule has 13 heavy (non-hydrogen) atoms. The van der Waals surface area contributed by atoms with Crippen LogP contribution >= 0.6 is 0 Å². The summed E-state index contributed by atoms with van der Waals surface area (Å²) >= 11 is 1.42. The molecule has 0 saturated heterocycles. The monoisotopic (exact) mass is 299 g/mol. The van der Waals surface area contributed by atoms with Crippen LogP contribution in [0.25, 0.3) is 0 Å². The summed E-state index contributed by atoms with van der Waals surface area (Å²) in [5, 5.41) is 17.7. The predicted molar refractivity (Wildman–Crippen MR) is 38.5 cm³/mol. The van der Waals surface area contributed by atoms with Crippen LogP contribution in [0, 0.1) is 0 Å². The van der Waals surface area contributed by atoms with E-state index in [1.807, 2.05) is 6.08 Å². The van der Waals surface area contributed by atoms with Gasteiger partial charge in [0.1, 0.15) is 0 Å². The van der Waals surface area contributed by atoms with E-state index in [2.05, 4.69) is 6.08 Å². The van der Waals surface area contributed by atoms with E-state index >= 15 is 0 Å². The van der Waals surface area contributed by atoms with Crippen molar-refractivity contribution in [2.24, 2.45) is 0 Å². The molecular weight excluding hydrogens is 290 g/mol. The van der Waals surface area contributed by atoms with Crippen LogP contribution in [0.2, 0.25) is 0 Å². The molecule has 0 fully saturated rings. The van der Waals surface area contributed by atoms with Gasteiger partial charge in [-0.05, 0) is 0 Å². The average Bonchev–Trinajstić information content (AvgIpc) is 2.37. The number of allylic oxidation sites excluding steroid dienone is 3. The Morgan fingerprint density at radius 2 is 2.08 bits per heavy atom. The Bertz CT molecular complexity index is 204. The molecule has 0 amide bonds. The second-order valence-corrected chi connectivity index (χ2v) is 4.13. The summed E-state index contributed by atoms with van der Waals surface area (Å²) in [6.45, 7) is -0.138. The maximum absolute atomic E-state index is 9.13. The molecule has 0 aliphatic heterocycles. The van der Waals surface area contributed by atoms with Gasteiger partial charge in [0.25, 0.3) is 0 Å². The van der Waals surface area contributed by atoms with Gasteiger partial charge in [0.15, 0.2) is 0 Å². The number of halogens is 2. The number of aliphatic hydroxyl groups is 2. The van der Waals surface area contributed by atoms with Gasteiger partial charge in [-0.15, -0.1) is 0 Å². The molecule has 0 aromatic carbocycles. The van der Waals surface area contributed by atoms with E-state index in [-0.39, 0.29) is 31.4 Å². The Balaban J connectivity index is 0. The first-order chi connectivity index (χ1) is 5.24. The molecule has 2 nitrogen and oxygen atoms in total. The SMILES string of the molecule is OCC(O)CC1=[C]([Zr+2])CC=C1.[Cl-].[Cl-]. The fourth-order valence-electron chi connectivity index (χ4n) is 1.06. The van der Waals surface area contributed by atoms with Crippen molar-refractivity contribution in [3.8, 4) is 0 Å². The van der Waals surface area contributed by atoms with Crippen molar-refractivity contribution in [1.29, 1.82) is 0 Å². The Labute approximate surface area is 106 Å². The van der Waals surface area contributed by atoms with Crippen LogP contribution in [-0.4, -0.2) is 22.9 Å². The third-order valence-corrected chi connectivity index (χ3v) is 2.99. The zero-order chi connectivity index (χ0) is 8.27. The van der Waals surface area contributed by atoms with Gasteiger partial charge in [-0.25, -0.2) is 0 Å². The summed E-state index contributed by atoms with van der Waals surface area (Å²) in [5.74, 6) is 0. The number of rotatable bonds is 3. The minimum Gasteiger partial charge on any atom is -1.00 e. The van der Waals surface area contributed by atoms with Crippen molar-refractivity contribution in [2.75, 3.05) is 6.61 Å². The van der Waals surface area contributed by atoms with Gasteiger partial charge in [-0.1, -0.05) is 0 Å². The van der Waals surface area contributed by atoms with Gasteiger partial charge >= 0.3 is 81.5 Å². The molecule has 0 saturated carbocycles. The van der Waals surface area contributed by atoms with Crippen molar-refractivity contribution < 1.29 is 59.7 Å². The van der Waals surface area contributed by atoms with E-state index in [1.54, 1.807) is 0 Å². The number of aliphatic hydroxyl groups excluding tert-OH is 2. The molecule has 73 valence electrons. The summed E-state index contributed by atoms with van der Waals surface area (Å²) in [5.41, 5.74) is 1.21. The summed E-state index contributed by atoms with van der Waals surface area (Å²) in [6.07, 6.45) is 5.20.